The number of nitrogens with zero attached hydrogens (tertiary/aromatic N) is 1. The number of ether oxygens (including phenoxy) is 1. The second kappa shape index (κ2) is 13.0. The van der Waals surface area contributed by atoms with E-state index in [9.17, 15) is 18.0 Å². The van der Waals surface area contributed by atoms with Crippen molar-refractivity contribution in [3.05, 3.63) is 23.4 Å². The number of thioether (sulfide) groups is 1. The molecule has 0 unspecified atom stereocenters. The Hall–Kier alpha value is -1.44. The van der Waals surface area contributed by atoms with Crippen LogP contribution in [0.3, 0.4) is 0 Å². The Balaban J connectivity index is 0.000000265. The van der Waals surface area contributed by atoms with Gasteiger partial charge in [-0.05, 0) is 48.8 Å². The number of amides is 1. The predicted molar refractivity (Wildman–Crippen MR) is 113 cm³/mol. The van der Waals surface area contributed by atoms with E-state index in [1.807, 2.05) is 11.8 Å². The van der Waals surface area contributed by atoms with E-state index in [0.717, 1.165) is 19.2 Å². The highest BCUT2D eigenvalue weighted by atomic mass is 32.2. The molecule has 0 aromatic carbocycles. The van der Waals surface area contributed by atoms with Crippen LogP contribution in [0.5, 0.6) is 5.88 Å². The first-order chi connectivity index (χ1) is 13.8. The van der Waals surface area contributed by atoms with E-state index in [2.05, 4.69) is 28.2 Å². The van der Waals surface area contributed by atoms with Gasteiger partial charge in [0.15, 0.2) is 0 Å². The summed E-state index contributed by atoms with van der Waals surface area (Å²) in [6.07, 6.45) is 8.19. The minimum absolute atomic E-state index is 0.0435. The van der Waals surface area contributed by atoms with Crippen LogP contribution in [0.2, 0.25) is 0 Å². The maximum Gasteiger partial charge on any atom is 0.433 e. The van der Waals surface area contributed by atoms with Gasteiger partial charge in [-0.25, -0.2) is 4.98 Å². The molecule has 2 aliphatic carbocycles. The maximum atomic E-state index is 12.3. The number of rotatable bonds is 6. The number of alkyl halides is 3. The first-order valence-electron chi connectivity index (χ1n) is 10.1. The van der Waals surface area contributed by atoms with Crippen molar-refractivity contribution in [2.45, 2.75) is 58.0 Å². The van der Waals surface area contributed by atoms with Gasteiger partial charge in [0.1, 0.15) is 11.3 Å². The molecule has 2 fully saturated rings. The Morgan fingerprint density at radius 3 is 2.21 bits per heavy atom. The van der Waals surface area contributed by atoms with Gasteiger partial charge in [-0.1, -0.05) is 39.0 Å². The quantitative estimate of drug-likeness (QED) is 0.613. The Bertz CT molecular complexity index is 616. The Morgan fingerprint density at radius 2 is 1.86 bits per heavy atom. The molecule has 0 radical (unpaired) electrons. The van der Waals surface area contributed by atoms with Crippen molar-refractivity contribution >= 4 is 17.7 Å². The van der Waals surface area contributed by atoms with E-state index in [1.165, 1.54) is 37.5 Å². The zero-order valence-corrected chi connectivity index (χ0v) is 18.6. The predicted octanol–water partition coefficient (Wildman–Crippen LogP) is 5.81. The summed E-state index contributed by atoms with van der Waals surface area (Å²) in [5.41, 5.74) is -1.14. The van der Waals surface area contributed by atoms with Gasteiger partial charge in [0, 0.05) is 7.05 Å². The largest absolute Gasteiger partial charge is 0.480 e. The van der Waals surface area contributed by atoms with E-state index < -0.39 is 17.8 Å². The number of methoxy groups -OCH3 is 1. The standard InChI is InChI=1S/C9H9F3N2O2.C8H14.C4H10S/c1-13-7(15)5-3-4-6(9(10,11)12)14-8(5)16-2;1-2-7(3-1)6-8-4-5-8;1-3-4-5-2/h3-4H,1-2H3,(H,13,15);7-8H,1-6H2;3-4H2,1-2H3. The molecule has 1 aromatic rings. The molecule has 2 saturated carbocycles. The van der Waals surface area contributed by atoms with E-state index in [1.54, 1.807) is 32.1 Å². The molecule has 0 aliphatic heterocycles. The van der Waals surface area contributed by atoms with E-state index in [4.69, 9.17) is 0 Å². The van der Waals surface area contributed by atoms with Crippen molar-refractivity contribution in [3.63, 3.8) is 0 Å². The number of pyridine rings is 1. The lowest BCUT2D eigenvalue weighted by Gasteiger charge is -2.24. The van der Waals surface area contributed by atoms with Gasteiger partial charge in [0.05, 0.1) is 7.11 Å². The third kappa shape index (κ3) is 9.74. The molecule has 1 heterocycles. The van der Waals surface area contributed by atoms with Crippen LogP contribution in [0.1, 0.15) is 67.9 Å². The summed E-state index contributed by atoms with van der Waals surface area (Å²) in [5.74, 6) is 2.75. The molecule has 0 bridgehead atoms. The number of halogens is 3. The first-order valence-corrected chi connectivity index (χ1v) is 11.5. The van der Waals surface area contributed by atoms with E-state index in [0.29, 0.717) is 0 Å². The number of carbonyl (C=O) groups is 1. The lowest BCUT2D eigenvalue weighted by molar-refractivity contribution is -0.141. The topological polar surface area (TPSA) is 51.2 Å². The molecule has 1 amide bonds. The summed E-state index contributed by atoms with van der Waals surface area (Å²) in [5, 5.41) is 2.27. The van der Waals surface area contributed by atoms with Gasteiger partial charge in [-0.15, -0.1) is 0 Å². The molecule has 0 spiro atoms. The molecule has 4 nitrogen and oxygen atoms in total. The van der Waals surface area contributed by atoms with Crippen LogP contribution in [0.4, 0.5) is 13.2 Å². The summed E-state index contributed by atoms with van der Waals surface area (Å²) in [6.45, 7) is 2.19. The van der Waals surface area contributed by atoms with E-state index >= 15 is 0 Å². The SMILES string of the molecule is C1CC(CC2CC2)C1.CCCSC.CNC(=O)c1ccc(C(F)(F)F)nc1OC. The molecule has 29 heavy (non-hydrogen) atoms. The van der Waals surface area contributed by atoms with Crippen molar-refractivity contribution in [1.29, 1.82) is 0 Å². The molecule has 3 rings (SSSR count). The zero-order chi connectivity index (χ0) is 21.9. The lowest BCUT2D eigenvalue weighted by atomic mass is 9.82. The highest BCUT2D eigenvalue weighted by molar-refractivity contribution is 7.98. The molecular formula is C21H33F3N2O2S. The van der Waals surface area contributed by atoms with Crippen molar-refractivity contribution in [1.82, 2.24) is 10.3 Å². The van der Waals surface area contributed by atoms with Crippen LogP contribution in [-0.2, 0) is 6.18 Å². The molecule has 0 atom stereocenters. The Morgan fingerprint density at radius 1 is 1.24 bits per heavy atom. The minimum atomic E-state index is -4.56. The van der Waals surface area contributed by atoms with Crippen LogP contribution in [-0.4, -0.2) is 37.1 Å². The minimum Gasteiger partial charge on any atom is -0.480 e. The summed E-state index contributed by atoms with van der Waals surface area (Å²) >= 11 is 1.90. The smallest absolute Gasteiger partial charge is 0.433 e. The summed E-state index contributed by atoms with van der Waals surface area (Å²) in [4.78, 5) is 14.5. The second-order valence-electron chi connectivity index (χ2n) is 7.30. The van der Waals surface area contributed by atoms with Gasteiger partial charge >= 0.3 is 6.18 Å². The highest BCUT2D eigenvalue weighted by Crippen LogP contribution is 2.41. The van der Waals surface area contributed by atoms with Crippen LogP contribution in [0.15, 0.2) is 12.1 Å². The van der Waals surface area contributed by atoms with Crippen LogP contribution in [0.25, 0.3) is 0 Å². The normalized spacial score (nSPS) is 15.8. The number of hydrogen-bond acceptors (Lipinski definition) is 4. The molecule has 0 saturated heterocycles. The molecule has 8 heteroatoms. The van der Waals surface area contributed by atoms with Crippen molar-refractivity contribution in [2.75, 3.05) is 26.2 Å². The van der Waals surface area contributed by atoms with Crippen molar-refractivity contribution in [2.24, 2.45) is 11.8 Å². The maximum absolute atomic E-state index is 12.3. The van der Waals surface area contributed by atoms with Gasteiger partial charge < -0.3 is 10.1 Å². The Kier molecular flexibility index (Phi) is 11.5. The average molecular weight is 435 g/mol. The summed E-state index contributed by atoms with van der Waals surface area (Å²) < 4.78 is 41.5. The van der Waals surface area contributed by atoms with Crippen molar-refractivity contribution < 1.29 is 22.7 Å². The molecular weight excluding hydrogens is 401 g/mol. The van der Waals surface area contributed by atoms with Crippen molar-refractivity contribution in [3.8, 4) is 5.88 Å². The highest BCUT2D eigenvalue weighted by Gasteiger charge is 2.33. The zero-order valence-electron chi connectivity index (χ0n) is 17.8. The van der Waals surface area contributed by atoms with Crippen LogP contribution in [0, 0.1) is 11.8 Å². The number of aromatic nitrogens is 1. The third-order valence-corrected chi connectivity index (χ3v) is 5.63. The fraction of sp³-hybridized carbons (Fsp3) is 0.714. The van der Waals surface area contributed by atoms with Gasteiger partial charge in [0.25, 0.3) is 5.91 Å². The third-order valence-electron chi connectivity index (χ3n) is 4.81. The fourth-order valence-corrected chi connectivity index (χ4v) is 3.23. The molecule has 2 aliphatic rings. The summed E-state index contributed by atoms with van der Waals surface area (Å²) in [7, 11) is 2.51. The van der Waals surface area contributed by atoms with E-state index in [-0.39, 0.29) is 11.4 Å². The number of carbonyl (C=O) groups excluding carboxylic acids is 1. The molecule has 1 N–H and O–H groups in total. The van der Waals surface area contributed by atoms with Crippen LogP contribution >= 0.6 is 11.8 Å². The lowest BCUT2D eigenvalue weighted by Crippen LogP contribution is -2.20. The fourth-order valence-electron chi connectivity index (χ4n) is 2.82. The van der Waals surface area contributed by atoms with Gasteiger partial charge in [-0.3, -0.25) is 4.79 Å². The Labute approximate surface area is 176 Å². The molecule has 1 aromatic heterocycles. The second-order valence-corrected chi connectivity index (χ2v) is 8.28. The average Bonchev–Trinajstić information content (AvgIpc) is 3.49. The monoisotopic (exact) mass is 434 g/mol. The summed E-state index contributed by atoms with van der Waals surface area (Å²) in [6, 6.07) is 1.75. The van der Waals surface area contributed by atoms with Gasteiger partial charge in [0.2, 0.25) is 5.88 Å². The number of hydrogen-bond donors (Lipinski definition) is 1. The molecule has 166 valence electrons. The van der Waals surface area contributed by atoms with Gasteiger partial charge in [-0.2, -0.15) is 24.9 Å². The van der Waals surface area contributed by atoms with Crippen LogP contribution < -0.4 is 10.1 Å². The number of nitrogens with one attached hydrogen (secondary N) is 1. The first kappa shape index (κ1) is 25.6.